The van der Waals surface area contributed by atoms with Gasteiger partial charge in [-0.2, -0.15) is 0 Å². The van der Waals surface area contributed by atoms with Crippen molar-refractivity contribution in [2.45, 2.75) is 20.3 Å². The van der Waals surface area contributed by atoms with E-state index in [0.717, 1.165) is 0 Å². The van der Waals surface area contributed by atoms with E-state index in [4.69, 9.17) is 0 Å². The second-order valence-electron chi connectivity index (χ2n) is 4.99. The van der Waals surface area contributed by atoms with Gasteiger partial charge in [-0.25, -0.2) is 4.98 Å². The SMILES string of the molecule is CC(C)CC(=O)Nc1nc(-c2cccc([N+](=O)[O-])c2)cs1. The highest BCUT2D eigenvalue weighted by Crippen LogP contribution is 2.27. The number of nitrogens with one attached hydrogen (secondary N) is 1. The quantitative estimate of drug-likeness (QED) is 0.674. The van der Waals surface area contributed by atoms with Crippen molar-refractivity contribution >= 4 is 28.1 Å². The maximum Gasteiger partial charge on any atom is 0.270 e. The van der Waals surface area contributed by atoms with E-state index in [1.54, 1.807) is 17.5 Å². The molecule has 0 atom stereocenters. The molecule has 1 N–H and O–H groups in total. The second-order valence-corrected chi connectivity index (χ2v) is 5.85. The van der Waals surface area contributed by atoms with E-state index in [0.29, 0.717) is 22.8 Å². The molecule has 1 aromatic heterocycles. The van der Waals surface area contributed by atoms with Crippen LogP contribution in [0.4, 0.5) is 10.8 Å². The lowest BCUT2D eigenvalue weighted by Crippen LogP contribution is -2.13. The summed E-state index contributed by atoms with van der Waals surface area (Å²) in [5.74, 6) is 0.200. The molecular weight excluding hydrogens is 290 g/mol. The molecule has 2 rings (SSSR count). The number of nitro groups is 1. The van der Waals surface area contributed by atoms with E-state index >= 15 is 0 Å². The van der Waals surface area contributed by atoms with Crippen LogP contribution in [0.3, 0.4) is 0 Å². The third-order valence-electron chi connectivity index (χ3n) is 2.70. The molecule has 6 nitrogen and oxygen atoms in total. The molecule has 0 aliphatic heterocycles. The van der Waals surface area contributed by atoms with Crippen LogP contribution in [0.25, 0.3) is 11.3 Å². The Bertz CT molecular complexity index is 667. The number of nitrogens with zero attached hydrogens (tertiary/aromatic N) is 2. The molecule has 1 aromatic carbocycles. The van der Waals surface area contributed by atoms with Gasteiger partial charge in [0.1, 0.15) is 0 Å². The third kappa shape index (κ3) is 4.09. The normalized spacial score (nSPS) is 10.6. The van der Waals surface area contributed by atoms with Gasteiger partial charge >= 0.3 is 0 Å². The fraction of sp³-hybridized carbons (Fsp3) is 0.286. The molecule has 7 heteroatoms. The van der Waals surface area contributed by atoms with Crippen molar-refractivity contribution < 1.29 is 9.72 Å². The Hall–Kier alpha value is -2.28. The summed E-state index contributed by atoms with van der Waals surface area (Å²) < 4.78 is 0. The van der Waals surface area contributed by atoms with Crippen LogP contribution in [-0.2, 0) is 4.79 Å². The van der Waals surface area contributed by atoms with Gasteiger partial charge in [-0.15, -0.1) is 11.3 Å². The fourth-order valence-electron chi connectivity index (χ4n) is 1.78. The van der Waals surface area contributed by atoms with E-state index in [2.05, 4.69) is 10.3 Å². The molecule has 0 unspecified atom stereocenters. The van der Waals surface area contributed by atoms with Gasteiger partial charge in [-0.1, -0.05) is 26.0 Å². The Kier molecular flexibility index (Phi) is 4.64. The summed E-state index contributed by atoms with van der Waals surface area (Å²) in [5.41, 5.74) is 1.29. The lowest BCUT2D eigenvalue weighted by Gasteiger charge is -2.03. The second kappa shape index (κ2) is 6.45. The van der Waals surface area contributed by atoms with Crippen molar-refractivity contribution in [2.24, 2.45) is 5.92 Å². The summed E-state index contributed by atoms with van der Waals surface area (Å²) in [5, 5.41) is 15.8. The monoisotopic (exact) mass is 305 g/mol. The number of non-ortho nitro benzene ring substituents is 1. The van der Waals surface area contributed by atoms with E-state index in [1.165, 1.54) is 23.5 Å². The summed E-state index contributed by atoms with van der Waals surface area (Å²) in [6.45, 7) is 3.94. The van der Waals surface area contributed by atoms with Crippen LogP contribution < -0.4 is 5.32 Å². The predicted molar refractivity (Wildman–Crippen MR) is 82.3 cm³/mol. The molecular formula is C14H15N3O3S. The first-order chi connectivity index (χ1) is 9.95. The van der Waals surface area contributed by atoms with Crippen LogP contribution >= 0.6 is 11.3 Å². The van der Waals surface area contributed by atoms with E-state index in [1.807, 2.05) is 13.8 Å². The van der Waals surface area contributed by atoms with Gasteiger partial charge < -0.3 is 5.32 Å². The van der Waals surface area contributed by atoms with Gasteiger partial charge in [0.05, 0.1) is 10.6 Å². The molecule has 0 aliphatic rings. The fourth-order valence-corrected chi connectivity index (χ4v) is 2.52. The van der Waals surface area contributed by atoms with Crippen molar-refractivity contribution in [2.75, 3.05) is 5.32 Å². The lowest BCUT2D eigenvalue weighted by atomic mass is 10.1. The highest BCUT2D eigenvalue weighted by Gasteiger charge is 2.12. The number of carbonyl (C=O) groups is 1. The Morgan fingerprint density at radius 2 is 2.24 bits per heavy atom. The van der Waals surface area contributed by atoms with E-state index in [9.17, 15) is 14.9 Å². The van der Waals surface area contributed by atoms with Gasteiger partial charge in [-0.3, -0.25) is 14.9 Å². The predicted octanol–water partition coefficient (Wildman–Crippen LogP) is 3.70. The van der Waals surface area contributed by atoms with Crippen LogP contribution in [0.15, 0.2) is 29.6 Å². The first-order valence-corrected chi connectivity index (χ1v) is 7.34. The molecule has 0 saturated carbocycles. The zero-order chi connectivity index (χ0) is 15.4. The molecule has 0 spiro atoms. The number of hydrogen-bond acceptors (Lipinski definition) is 5. The smallest absolute Gasteiger partial charge is 0.270 e. The summed E-state index contributed by atoms with van der Waals surface area (Å²) in [6.07, 6.45) is 0.436. The van der Waals surface area contributed by atoms with Gasteiger partial charge in [0, 0.05) is 29.5 Å². The number of rotatable bonds is 5. The van der Waals surface area contributed by atoms with Gasteiger partial charge in [-0.05, 0) is 5.92 Å². The van der Waals surface area contributed by atoms with Crippen LogP contribution in [0.2, 0.25) is 0 Å². The molecule has 21 heavy (non-hydrogen) atoms. The van der Waals surface area contributed by atoms with Crippen molar-refractivity contribution in [3.63, 3.8) is 0 Å². The summed E-state index contributed by atoms with van der Waals surface area (Å²) in [4.78, 5) is 26.3. The van der Waals surface area contributed by atoms with Gasteiger partial charge in [0.2, 0.25) is 5.91 Å². The topological polar surface area (TPSA) is 85.1 Å². The Labute approximate surface area is 126 Å². The number of aromatic nitrogens is 1. The highest BCUT2D eigenvalue weighted by molar-refractivity contribution is 7.14. The van der Waals surface area contributed by atoms with Crippen molar-refractivity contribution in [1.82, 2.24) is 4.98 Å². The minimum Gasteiger partial charge on any atom is -0.302 e. The number of nitro benzene ring substituents is 1. The summed E-state index contributed by atoms with van der Waals surface area (Å²) >= 11 is 1.30. The number of amides is 1. The summed E-state index contributed by atoms with van der Waals surface area (Å²) in [7, 11) is 0. The van der Waals surface area contributed by atoms with Crippen LogP contribution in [0, 0.1) is 16.0 Å². The Morgan fingerprint density at radius 3 is 2.90 bits per heavy atom. The van der Waals surface area contributed by atoms with E-state index < -0.39 is 4.92 Å². The number of benzene rings is 1. The van der Waals surface area contributed by atoms with Crippen LogP contribution in [0.1, 0.15) is 20.3 Å². The maximum absolute atomic E-state index is 11.7. The highest BCUT2D eigenvalue weighted by atomic mass is 32.1. The number of anilines is 1. The third-order valence-corrected chi connectivity index (χ3v) is 3.45. The first kappa shape index (κ1) is 15.1. The number of carbonyl (C=O) groups excluding carboxylic acids is 1. The van der Waals surface area contributed by atoms with Gasteiger partial charge in [0.25, 0.3) is 5.69 Å². The molecule has 110 valence electrons. The maximum atomic E-state index is 11.7. The number of hydrogen-bond donors (Lipinski definition) is 1. The molecule has 1 amide bonds. The molecule has 1 heterocycles. The van der Waals surface area contributed by atoms with E-state index in [-0.39, 0.29) is 17.5 Å². The Morgan fingerprint density at radius 1 is 1.48 bits per heavy atom. The Balaban J connectivity index is 2.14. The van der Waals surface area contributed by atoms with Crippen LogP contribution in [0.5, 0.6) is 0 Å². The van der Waals surface area contributed by atoms with Crippen molar-refractivity contribution in [3.8, 4) is 11.3 Å². The van der Waals surface area contributed by atoms with Gasteiger partial charge in [0.15, 0.2) is 5.13 Å². The summed E-state index contributed by atoms with van der Waals surface area (Å²) in [6, 6.07) is 6.27. The molecule has 0 saturated heterocycles. The molecule has 0 radical (unpaired) electrons. The molecule has 2 aromatic rings. The largest absolute Gasteiger partial charge is 0.302 e. The zero-order valence-corrected chi connectivity index (χ0v) is 12.5. The standard InChI is InChI=1S/C14H15N3O3S/c1-9(2)6-13(18)16-14-15-12(8-21-14)10-4-3-5-11(7-10)17(19)20/h3-5,7-9H,6H2,1-2H3,(H,15,16,18). The average molecular weight is 305 g/mol. The average Bonchev–Trinajstić information content (AvgIpc) is 2.86. The van der Waals surface area contributed by atoms with Crippen molar-refractivity contribution in [3.05, 3.63) is 39.8 Å². The minimum atomic E-state index is -0.443. The van der Waals surface area contributed by atoms with Crippen molar-refractivity contribution in [1.29, 1.82) is 0 Å². The molecule has 0 bridgehead atoms. The zero-order valence-electron chi connectivity index (χ0n) is 11.7. The minimum absolute atomic E-state index is 0.0193. The lowest BCUT2D eigenvalue weighted by molar-refractivity contribution is -0.384. The number of thiazole rings is 1. The molecule has 0 fully saturated rings. The molecule has 0 aliphatic carbocycles. The van der Waals surface area contributed by atoms with Crippen LogP contribution in [-0.4, -0.2) is 15.8 Å². The first-order valence-electron chi connectivity index (χ1n) is 6.46.